The number of carbonyl (C=O) groups is 1. The molecule has 0 heterocycles. The van der Waals surface area contributed by atoms with Gasteiger partial charge in [0.1, 0.15) is 6.10 Å². The Morgan fingerprint density at radius 1 is 1.39 bits per heavy atom. The van der Waals surface area contributed by atoms with Gasteiger partial charge in [0.15, 0.2) is 11.4 Å². The molecule has 0 N–H and O–H groups in total. The molecule has 0 bridgehead atoms. The van der Waals surface area contributed by atoms with E-state index in [4.69, 9.17) is 13.6 Å². The molecule has 1 rings (SSSR count). The van der Waals surface area contributed by atoms with Gasteiger partial charge >= 0.3 is 0 Å². The summed E-state index contributed by atoms with van der Waals surface area (Å²) in [5, 5.41) is 0. The van der Waals surface area contributed by atoms with Crippen LogP contribution in [0.5, 0.6) is 0 Å². The summed E-state index contributed by atoms with van der Waals surface area (Å²) in [5.74, 6) is 0.256. The van der Waals surface area contributed by atoms with Crippen LogP contribution in [0.4, 0.5) is 0 Å². The van der Waals surface area contributed by atoms with Crippen LogP contribution in [0.25, 0.3) is 0 Å². The Hall–Kier alpha value is 0.840. The largest absolute Gasteiger partial charge is 0.359 e. The number of hydrogen-bond donors (Lipinski definition) is 0. The zero-order chi connectivity index (χ0) is 13.9. The SMILES string of the molecule is CCC(C)[C@]1(OP)C(=O)CC(C)[C@H](OP)[C@H]1OP. The highest BCUT2D eigenvalue weighted by atomic mass is 31.0. The molecule has 18 heavy (non-hydrogen) atoms. The van der Waals surface area contributed by atoms with Gasteiger partial charge in [0.25, 0.3) is 0 Å². The van der Waals surface area contributed by atoms with Crippen LogP contribution in [0.1, 0.15) is 33.6 Å². The molecule has 106 valence electrons. The number of carbonyl (C=O) groups excluding carboxylic acids is 1. The van der Waals surface area contributed by atoms with Gasteiger partial charge in [-0.2, -0.15) is 0 Å². The molecule has 0 aromatic heterocycles. The van der Waals surface area contributed by atoms with Crippen LogP contribution in [-0.2, 0) is 18.4 Å². The smallest absolute Gasteiger partial charge is 0.168 e. The first kappa shape index (κ1) is 16.9. The fourth-order valence-electron chi connectivity index (χ4n) is 2.76. The zero-order valence-electron chi connectivity index (χ0n) is 11.1. The van der Waals surface area contributed by atoms with Gasteiger partial charge in [-0.05, 0) is 11.8 Å². The molecule has 0 aliphatic heterocycles. The van der Waals surface area contributed by atoms with E-state index >= 15 is 0 Å². The summed E-state index contributed by atoms with van der Waals surface area (Å²) in [6.45, 7) is 6.04. The lowest BCUT2D eigenvalue weighted by Crippen LogP contribution is -2.64. The van der Waals surface area contributed by atoms with Crippen LogP contribution in [0.15, 0.2) is 0 Å². The Balaban J connectivity index is 3.22. The molecule has 8 atom stereocenters. The van der Waals surface area contributed by atoms with Gasteiger partial charge in [-0.15, -0.1) is 0 Å². The van der Waals surface area contributed by atoms with Crippen molar-refractivity contribution in [3.8, 4) is 0 Å². The molecule has 1 aliphatic rings. The summed E-state index contributed by atoms with van der Waals surface area (Å²) < 4.78 is 16.5. The zero-order valence-corrected chi connectivity index (χ0v) is 14.6. The third-order valence-electron chi connectivity index (χ3n) is 4.07. The standard InChI is InChI=1S/C11H23O4P3/c1-4-7(3)11(15-18)8(12)5-6(2)9(13-16)10(11)14-17/h6-7,9-10H,4-5,16-18H2,1-3H3/t6?,7?,9-,10+,11-/m0/s1. The molecule has 0 aromatic carbocycles. The van der Waals surface area contributed by atoms with Crippen LogP contribution >= 0.6 is 28.4 Å². The van der Waals surface area contributed by atoms with E-state index in [1.807, 2.05) is 20.8 Å². The second-order valence-corrected chi connectivity index (χ2v) is 5.76. The first-order valence-corrected chi connectivity index (χ1v) is 7.53. The van der Waals surface area contributed by atoms with E-state index in [1.54, 1.807) is 0 Å². The van der Waals surface area contributed by atoms with Crippen molar-refractivity contribution < 1.29 is 18.4 Å². The van der Waals surface area contributed by atoms with Crippen molar-refractivity contribution in [3.05, 3.63) is 0 Å². The normalized spacial score (nSPS) is 38.8. The molecule has 7 heteroatoms. The van der Waals surface area contributed by atoms with Crippen LogP contribution in [0, 0.1) is 11.8 Å². The Morgan fingerprint density at radius 2 is 2.00 bits per heavy atom. The van der Waals surface area contributed by atoms with Crippen molar-refractivity contribution >= 4 is 34.2 Å². The van der Waals surface area contributed by atoms with Gasteiger partial charge in [0.05, 0.1) is 6.10 Å². The Morgan fingerprint density at radius 3 is 2.39 bits per heavy atom. The Labute approximate surface area is 116 Å². The van der Waals surface area contributed by atoms with Crippen molar-refractivity contribution in [2.75, 3.05) is 0 Å². The fourth-order valence-corrected chi connectivity index (χ4v) is 4.03. The minimum absolute atomic E-state index is 0.0585. The molecular formula is C11H23O4P3. The Bertz CT molecular complexity index is 302. The second-order valence-electron chi connectivity index (χ2n) is 4.98. The molecule has 0 spiro atoms. The number of Topliss-reactive ketones (excluding diaryl/α,β-unsaturated/α-hetero) is 1. The lowest BCUT2D eigenvalue weighted by Gasteiger charge is -2.49. The topological polar surface area (TPSA) is 44.8 Å². The predicted molar refractivity (Wildman–Crippen MR) is 80.9 cm³/mol. The minimum Gasteiger partial charge on any atom is -0.359 e. The maximum atomic E-state index is 12.5. The minimum atomic E-state index is -0.949. The second kappa shape index (κ2) is 7.02. The lowest BCUT2D eigenvalue weighted by molar-refractivity contribution is -0.170. The van der Waals surface area contributed by atoms with Gasteiger partial charge in [-0.1, -0.05) is 27.2 Å². The summed E-state index contributed by atoms with van der Waals surface area (Å²) in [4.78, 5) is 12.5. The van der Waals surface area contributed by atoms with Crippen molar-refractivity contribution in [3.63, 3.8) is 0 Å². The predicted octanol–water partition coefficient (Wildman–Crippen LogP) is 2.54. The summed E-state index contributed by atoms with van der Waals surface area (Å²) >= 11 is 0. The van der Waals surface area contributed by atoms with E-state index in [9.17, 15) is 4.79 Å². The number of hydrogen-bond acceptors (Lipinski definition) is 4. The lowest BCUT2D eigenvalue weighted by atomic mass is 9.68. The van der Waals surface area contributed by atoms with Gasteiger partial charge < -0.3 is 13.6 Å². The van der Waals surface area contributed by atoms with Crippen LogP contribution in [-0.4, -0.2) is 23.6 Å². The Kier molecular flexibility index (Phi) is 6.59. The summed E-state index contributed by atoms with van der Waals surface area (Å²) in [6.07, 6.45) is 0.675. The van der Waals surface area contributed by atoms with Crippen LogP contribution in [0.2, 0.25) is 0 Å². The first-order chi connectivity index (χ1) is 8.49. The van der Waals surface area contributed by atoms with Gasteiger partial charge in [-0.3, -0.25) is 4.79 Å². The molecule has 4 nitrogen and oxygen atoms in total. The van der Waals surface area contributed by atoms with E-state index < -0.39 is 11.7 Å². The molecule has 1 aliphatic carbocycles. The molecule has 1 fully saturated rings. The van der Waals surface area contributed by atoms with E-state index in [2.05, 4.69) is 28.4 Å². The van der Waals surface area contributed by atoms with Crippen LogP contribution < -0.4 is 0 Å². The molecule has 0 radical (unpaired) electrons. The van der Waals surface area contributed by atoms with Crippen molar-refractivity contribution in [1.29, 1.82) is 0 Å². The highest BCUT2D eigenvalue weighted by Gasteiger charge is 2.57. The third kappa shape index (κ3) is 2.66. The monoisotopic (exact) mass is 312 g/mol. The molecule has 1 saturated carbocycles. The average Bonchev–Trinajstić information content (AvgIpc) is 2.37. The quantitative estimate of drug-likeness (QED) is 0.732. The first-order valence-electron chi connectivity index (χ1n) is 6.11. The molecule has 0 saturated heterocycles. The molecule has 5 unspecified atom stereocenters. The van der Waals surface area contributed by atoms with Crippen molar-refractivity contribution in [2.24, 2.45) is 11.8 Å². The summed E-state index contributed by atoms with van der Waals surface area (Å²) in [6, 6.07) is 0. The van der Waals surface area contributed by atoms with Crippen molar-refractivity contribution in [1.82, 2.24) is 0 Å². The van der Waals surface area contributed by atoms with Gasteiger partial charge in [0, 0.05) is 34.8 Å². The summed E-state index contributed by atoms with van der Waals surface area (Å²) in [5.41, 5.74) is -0.949. The highest BCUT2D eigenvalue weighted by Crippen LogP contribution is 2.44. The maximum absolute atomic E-state index is 12.5. The average molecular weight is 312 g/mol. The van der Waals surface area contributed by atoms with Gasteiger partial charge in [-0.25, -0.2) is 0 Å². The van der Waals surface area contributed by atoms with E-state index in [0.717, 1.165) is 6.42 Å². The van der Waals surface area contributed by atoms with E-state index in [1.165, 1.54) is 0 Å². The van der Waals surface area contributed by atoms with E-state index in [-0.39, 0.29) is 23.7 Å². The third-order valence-corrected chi connectivity index (χ3v) is 5.07. The van der Waals surface area contributed by atoms with Crippen LogP contribution in [0.3, 0.4) is 0 Å². The fraction of sp³-hybridized carbons (Fsp3) is 0.909. The number of rotatable bonds is 5. The number of ketones is 1. The maximum Gasteiger partial charge on any atom is 0.168 e. The molecule has 0 amide bonds. The van der Waals surface area contributed by atoms with Crippen molar-refractivity contribution in [2.45, 2.75) is 51.4 Å². The molecular weight excluding hydrogens is 289 g/mol. The van der Waals surface area contributed by atoms with E-state index in [0.29, 0.717) is 6.42 Å². The summed E-state index contributed by atoms with van der Waals surface area (Å²) in [7, 11) is 6.73. The molecule has 0 aromatic rings. The highest BCUT2D eigenvalue weighted by molar-refractivity contribution is 7.10. The van der Waals surface area contributed by atoms with Gasteiger partial charge in [0.2, 0.25) is 0 Å².